The van der Waals surface area contributed by atoms with Crippen molar-refractivity contribution in [1.82, 2.24) is 4.98 Å². The molecule has 1 heterocycles. The third-order valence-corrected chi connectivity index (χ3v) is 4.24. The molecule has 3 aromatic rings. The molecule has 23 heavy (non-hydrogen) atoms. The van der Waals surface area contributed by atoms with E-state index >= 15 is 0 Å². The summed E-state index contributed by atoms with van der Waals surface area (Å²) in [4.78, 5) is 16.6. The number of hydrogen-bond donors (Lipinski definition) is 2. The molecule has 0 atom stereocenters. The van der Waals surface area contributed by atoms with Crippen molar-refractivity contribution >= 4 is 38.4 Å². The topological polar surface area (TPSA) is 63.2 Å². The Morgan fingerprint density at radius 1 is 1.13 bits per heavy atom. The van der Waals surface area contributed by atoms with E-state index < -0.39 is 0 Å². The van der Waals surface area contributed by atoms with Gasteiger partial charge in [0, 0.05) is 5.69 Å². The number of aromatic nitrogens is 1. The van der Waals surface area contributed by atoms with Crippen LogP contribution in [-0.4, -0.2) is 18.1 Å². The van der Waals surface area contributed by atoms with Gasteiger partial charge in [-0.15, -0.1) is 0 Å². The highest BCUT2D eigenvalue weighted by molar-refractivity contribution is 7.22. The number of thiazole rings is 1. The van der Waals surface area contributed by atoms with Crippen molar-refractivity contribution in [2.75, 3.05) is 17.7 Å². The zero-order valence-corrected chi connectivity index (χ0v) is 14.0. The number of anilines is 2. The van der Waals surface area contributed by atoms with Crippen molar-refractivity contribution in [1.29, 1.82) is 0 Å². The standard InChI is InChI=1S/C17H17N3O2S/c1-10-7-11(2)9-12(8-10)18-16(21)20-17-19-15-13(22-3)5-4-6-14(15)23-17/h4-9H,1-3H3,(H2,18,19,20,21). The number of nitrogens with zero attached hydrogens (tertiary/aromatic N) is 1. The molecule has 0 saturated heterocycles. The molecule has 0 bridgehead atoms. The maximum Gasteiger partial charge on any atom is 0.325 e. The van der Waals surface area contributed by atoms with Crippen molar-refractivity contribution < 1.29 is 9.53 Å². The normalized spacial score (nSPS) is 10.6. The smallest absolute Gasteiger partial charge is 0.325 e. The molecule has 2 amide bonds. The van der Waals surface area contributed by atoms with Crippen molar-refractivity contribution in [3.8, 4) is 5.75 Å². The van der Waals surface area contributed by atoms with Crippen LogP contribution in [0.4, 0.5) is 15.6 Å². The van der Waals surface area contributed by atoms with Crippen molar-refractivity contribution in [2.45, 2.75) is 13.8 Å². The molecule has 0 unspecified atom stereocenters. The molecule has 0 radical (unpaired) electrons. The molecule has 5 nitrogen and oxygen atoms in total. The maximum atomic E-state index is 12.1. The van der Waals surface area contributed by atoms with Gasteiger partial charge in [0.1, 0.15) is 11.3 Å². The molecule has 2 N–H and O–H groups in total. The summed E-state index contributed by atoms with van der Waals surface area (Å²) >= 11 is 1.41. The largest absolute Gasteiger partial charge is 0.494 e. The fourth-order valence-corrected chi connectivity index (χ4v) is 3.33. The summed E-state index contributed by atoms with van der Waals surface area (Å²) in [5, 5.41) is 6.14. The van der Waals surface area contributed by atoms with Crippen molar-refractivity contribution in [2.24, 2.45) is 0 Å². The monoisotopic (exact) mass is 327 g/mol. The predicted octanol–water partition coefficient (Wildman–Crippen LogP) is 4.57. The number of carbonyl (C=O) groups is 1. The van der Waals surface area contributed by atoms with E-state index in [4.69, 9.17) is 4.74 Å². The lowest BCUT2D eigenvalue weighted by molar-refractivity contribution is 0.262. The van der Waals surface area contributed by atoms with Crippen LogP contribution in [0.3, 0.4) is 0 Å². The van der Waals surface area contributed by atoms with E-state index in [1.165, 1.54) is 11.3 Å². The number of fused-ring (bicyclic) bond motifs is 1. The van der Waals surface area contributed by atoms with Gasteiger partial charge in [0.05, 0.1) is 11.8 Å². The quantitative estimate of drug-likeness (QED) is 0.741. The van der Waals surface area contributed by atoms with Crippen molar-refractivity contribution in [3.63, 3.8) is 0 Å². The second-order valence-electron chi connectivity index (χ2n) is 5.28. The summed E-state index contributed by atoms with van der Waals surface area (Å²) in [6.07, 6.45) is 0. The number of benzene rings is 2. The number of amides is 2. The minimum absolute atomic E-state index is 0.312. The molecule has 0 aliphatic rings. The number of methoxy groups -OCH3 is 1. The Hall–Kier alpha value is -2.60. The molecule has 3 rings (SSSR count). The van der Waals surface area contributed by atoms with Crippen LogP contribution in [0.1, 0.15) is 11.1 Å². The van der Waals surface area contributed by atoms with E-state index in [2.05, 4.69) is 21.7 Å². The lowest BCUT2D eigenvalue weighted by Gasteiger charge is -2.07. The molecule has 0 fully saturated rings. The minimum Gasteiger partial charge on any atom is -0.494 e. The summed E-state index contributed by atoms with van der Waals surface area (Å²) in [6.45, 7) is 3.99. The average molecular weight is 327 g/mol. The van der Waals surface area contributed by atoms with E-state index in [9.17, 15) is 4.79 Å². The van der Waals surface area contributed by atoms with Gasteiger partial charge in [-0.25, -0.2) is 9.78 Å². The Bertz CT molecular complexity index is 853. The van der Waals surface area contributed by atoms with Crippen LogP contribution in [0, 0.1) is 13.8 Å². The molecule has 1 aromatic heterocycles. The predicted molar refractivity (Wildman–Crippen MR) is 94.7 cm³/mol. The van der Waals surface area contributed by atoms with Crippen LogP contribution in [0.2, 0.25) is 0 Å². The van der Waals surface area contributed by atoms with E-state index in [0.29, 0.717) is 10.9 Å². The zero-order valence-electron chi connectivity index (χ0n) is 13.1. The minimum atomic E-state index is -0.312. The number of ether oxygens (including phenoxy) is 1. The summed E-state index contributed by atoms with van der Waals surface area (Å²) in [6, 6.07) is 11.3. The molecule has 2 aromatic carbocycles. The summed E-state index contributed by atoms with van der Waals surface area (Å²) in [5.74, 6) is 0.696. The Morgan fingerprint density at radius 2 is 1.87 bits per heavy atom. The SMILES string of the molecule is COc1cccc2sc(NC(=O)Nc3cc(C)cc(C)c3)nc12. The highest BCUT2D eigenvalue weighted by Crippen LogP contribution is 2.32. The zero-order chi connectivity index (χ0) is 16.4. The summed E-state index contributed by atoms with van der Waals surface area (Å²) < 4.78 is 6.25. The fraction of sp³-hybridized carbons (Fsp3) is 0.176. The first-order valence-corrected chi connectivity index (χ1v) is 7.96. The second-order valence-corrected chi connectivity index (χ2v) is 6.31. The van der Waals surface area contributed by atoms with Crippen molar-refractivity contribution in [3.05, 3.63) is 47.5 Å². The third-order valence-electron chi connectivity index (χ3n) is 3.30. The molecule has 0 spiro atoms. The van der Waals surface area contributed by atoms with Gasteiger partial charge in [-0.3, -0.25) is 5.32 Å². The Kier molecular flexibility index (Phi) is 4.16. The molecule has 0 aliphatic heterocycles. The van der Waals surface area contributed by atoms with Gasteiger partial charge in [0.25, 0.3) is 0 Å². The number of hydrogen-bond acceptors (Lipinski definition) is 4. The number of nitrogens with one attached hydrogen (secondary N) is 2. The molecular formula is C17H17N3O2S. The van der Waals surface area contributed by atoms with Crippen LogP contribution >= 0.6 is 11.3 Å². The number of aryl methyl sites for hydroxylation is 2. The van der Waals surface area contributed by atoms with Gasteiger partial charge in [-0.2, -0.15) is 0 Å². The number of carbonyl (C=O) groups excluding carboxylic acids is 1. The Balaban J connectivity index is 1.77. The highest BCUT2D eigenvalue weighted by Gasteiger charge is 2.11. The number of rotatable bonds is 3. The molecule has 0 aliphatic carbocycles. The maximum absolute atomic E-state index is 12.1. The van der Waals surface area contributed by atoms with Gasteiger partial charge >= 0.3 is 6.03 Å². The van der Waals surface area contributed by atoms with Crippen LogP contribution in [-0.2, 0) is 0 Å². The summed E-state index contributed by atoms with van der Waals surface area (Å²) in [7, 11) is 1.61. The first-order valence-electron chi connectivity index (χ1n) is 7.15. The van der Waals surface area contributed by atoms with Gasteiger partial charge < -0.3 is 10.1 Å². The van der Waals surface area contributed by atoms with Crippen LogP contribution in [0.25, 0.3) is 10.2 Å². The lowest BCUT2D eigenvalue weighted by Crippen LogP contribution is -2.19. The lowest BCUT2D eigenvalue weighted by atomic mass is 10.1. The average Bonchev–Trinajstić information content (AvgIpc) is 2.87. The molecule has 0 saturated carbocycles. The number of para-hydroxylation sites is 1. The number of urea groups is 1. The fourth-order valence-electron chi connectivity index (χ4n) is 2.45. The first kappa shape index (κ1) is 15.3. The van der Waals surface area contributed by atoms with Gasteiger partial charge in [-0.1, -0.05) is 23.5 Å². The van der Waals surface area contributed by atoms with Gasteiger partial charge in [0.2, 0.25) is 0 Å². The Labute approximate surface area is 138 Å². The third kappa shape index (κ3) is 3.43. The van der Waals surface area contributed by atoms with Gasteiger partial charge in [-0.05, 0) is 49.2 Å². The van der Waals surface area contributed by atoms with Crippen LogP contribution in [0.15, 0.2) is 36.4 Å². The van der Waals surface area contributed by atoms with E-state index in [0.717, 1.165) is 27.0 Å². The molecule has 118 valence electrons. The Morgan fingerprint density at radius 3 is 2.57 bits per heavy atom. The van der Waals surface area contributed by atoms with Crippen LogP contribution in [0.5, 0.6) is 5.75 Å². The summed E-state index contributed by atoms with van der Waals surface area (Å²) in [5.41, 5.74) is 3.72. The van der Waals surface area contributed by atoms with E-state index in [1.54, 1.807) is 7.11 Å². The first-order chi connectivity index (χ1) is 11.0. The molecular weight excluding hydrogens is 310 g/mol. The molecule has 6 heteroatoms. The second kappa shape index (κ2) is 6.26. The van der Waals surface area contributed by atoms with Gasteiger partial charge in [0.15, 0.2) is 5.13 Å². The van der Waals surface area contributed by atoms with Crippen LogP contribution < -0.4 is 15.4 Å². The highest BCUT2D eigenvalue weighted by atomic mass is 32.1. The van der Waals surface area contributed by atoms with E-state index in [-0.39, 0.29) is 6.03 Å². The van der Waals surface area contributed by atoms with E-state index in [1.807, 2.05) is 44.2 Å².